The summed E-state index contributed by atoms with van der Waals surface area (Å²) in [6.45, 7) is 1.65. The average molecular weight is 372 g/mol. The van der Waals surface area contributed by atoms with Crippen molar-refractivity contribution in [2.45, 2.75) is 25.4 Å². The SMILES string of the molecule is COc1ccc(CN2C(=O)N[C@@](C)(Cc3ccccc3OC)C2=O)cc1F. The third kappa shape index (κ3) is 3.58. The van der Waals surface area contributed by atoms with Crippen molar-refractivity contribution in [2.24, 2.45) is 0 Å². The highest BCUT2D eigenvalue weighted by molar-refractivity contribution is 6.06. The molecule has 142 valence electrons. The number of hydrogen-bond donors (Lipinski definition) is 1. The van der Waals surface area contributed by atoms with Gasteiger partial charge in [-0.25, -0.2) is 9.18 Å². The van der Waals surface area contributed by atoms with E-state index < -0.39 is 17.4 Å². The Kier molecular flexibility index (Phi) is 5.03. The van der Waals surface area contributed by atoms with Crippen LogP contribution in [0.2, 0.25) is 0 Å². The lowest BCUT2D eigenvalue weighted by Gasteiger charge is -2.23. The maximum absolute atomic E-state index is 13.9. The molecular weight excluding hydrogens is 351 g/mol. The molecule has 1 fully saturated rings. The van der Waals surface area contributed by atoms with Crippen LogP contribution in [-0.4, -0.2) is 36.6 Å². The van der Waals surface area contributed by atoms with Gasteiger partial charge in [0, 0.05) is 6.42 Å². The molecule has 0 radical (unpaired) electrons. The Morgan fingerprint density at radius 3 is 2.44 bits per heavy atom. The molecule has 1 aliphatic rings. The minimum atomic E-state index is -1.10. The molecular formula is C20H21FN2O4. The van der Waals surface area contributed by atoms with Gasteiger partial charge in [-0.2, -0.15) is 0 Å². The molecule has 2 aromatic carbocycles. The molecule has 0 bridgehead atoms. The number of halogens is 1. The van der Waals surface area contributed by atoms with E-state index in [1.54, 1.807) is 26.2 Å². The van der Waals surface area contributed by atoms with E-state index in [1.165, 1.54) is 19.2 Å². The van der Waals surface area contributed by atoms with Gasteiger partial charge in [-0.05, 0) is 36.2 Å². The van der Waals surface area contributed by atoms with Gasteiger partial charge in [0.1, 0.15) is 11.3 Å². The number of urea groups is 1. The van der Waals surface area contributed by atoms with Crippen molar-refractivity contribution < 1.29 is 23.5 Å². The van der Waals surface area contributed by atoms with Crippen molar-refractivity contribution in [3.8, 4) is 11.5 Å². The molecule has 1 aliphatic heterocycles. The first kappa shape index (κ1) is 18.7. The van der Waals surface area contributed by atoms with Crippen LogP contribution in [0.25, 0.3) is 0 Å². The first-order chi connectivity index (χ1) is 12.9. The molecule has 1 saturated heterocycles. The van der Waals surface area contributed by atoms with Gasteiger partial charge in [-0.1, -0.05) is 24.3 Å². The summed E-state index contributed by atoms with van der Waals surface area (Å²) in [5.41, 5.74) is 0.211. The van der Waals surface area contributed by atoms with Crippen molar-refractivity contribution in [1.29, 1.82) is 0 Å². The monoisotopic (exact) mass is 372 g/mol. The first-order valence-electron chi connectivity index (χ1n) is 8.46. The number of nitrogens with zero attached hydrogens (tertiary/aromatic N) is 1. The third-order valence-corrected chi connectivity index (χ3v) is 4.64. The van der Waals surface area contributed by atoms with E-state index in [0.717, 1.165) is 10.5 Å². The van der Waals surface area contributed by atoms with Crippen LogP contribution in [0.4, 0.5) is 9.18 Å². The van der Waals surface area contributed by atoms with Crippen LogP contribution in [-0.2, 0) is 17.8 Å². The Labute approximate surface area is 156 Å². The van der Waals surface area contributed by atoms with Crippen LogP contribution < -0.4 is 14.8 Å². The highest BCUT2D eigenvalue weighted by Gasteiger charge is 2.48. The maximum Gasteiger partial charge on any atom is 0.325 e. The lowest BCUT2D eigenvalue weighted by atomic mass is 9.92. The Morgan fingerprint density at radius 2 is 1.78 bits per heavy atom. The first-order valence-corrected chi connectivity index (χ1v) is 8.46. The normalized spacial score (nSPS) is 19.2. The second-order valence-electron chi connectivity index (χ2n) is 6.61. The van der Waals surface area contributed by atoms with E-state index in [9.17, 15) is 14.0 Å². The average Bonchev–Trinajstić information content (AvgIpc) is 2.85. The van der Waals surface area contributed by atoms with Crippen LogP contribution in [0.5, 0.6) is 11.5 Å². The number of ether oxygens (including phenoxy) is 2. The lowest BCUT2D eigenvalue weighted by Crippen LogP contribution is -2.46. The Bertz CT molecular complexity index is 886. The minimum absolute atomic E-state index is 0.0207. The van der Waals surface area contributed by atoms with Gasteiger partial charge in [0.15, 0.2) is 11.6 Å². The molecule has 3 amide bonds. The van der Waals surface area contributed by atoms with Crippen molar-refractivity contribution in [3.63, 3.8) is 0 Å². The van der Waals surface area contributed by atoms with Crippen LogP contribution in [0.1, 0.15) is 18.1 Å². The van der Waals surface area contributed by atoms with Gasteiger partial charge < -0.3 is 14.8 Å². The maximum atomic E-state index is 13.9. The number of nitrogens with one attached hydrogen (secondary N) is 1. The number of rotatable bonds is 6. The number of benzene rings is 2. The molecule has 0 spiro atoms. The van der Waals surface area contributed by atoms with Crippen molar-refractivity contribution in [3.05, 3.63) is 59.4 Å². The fourth-order valence-corrected chi connectivity index (χ4v) is 3.23. The standard InChI is InChI=1S/C20H21FN2O4/c1-20(11-14-6-4-5-7-16(14)26-2)18(24)23(19(25)22-20)12-13-8-9-17(27-3)15(21)10-13/h4-10H,11-12H2,1-3H3,(H,22,25)/t20-/m0/s1. The lowest BCUT2D eigenvalue weighted by molar-refractivity contribution is -0.131. The number of para-hydroxylation sites is 1. The van der Waals surface area contributed by atoms with Crippen molar-refractivity contribution in [1.82, 2.24) is 10.2 Å². The Morgan fingerprint density at radius 1 is 1.07 bits per heavy atom. The summed E-state index contributed by atoms with van der Waals surface area (Å²) < 4.78 is 24.1. The van der Waals surface area contributed by atoms with Crippen LogP contribution in [0.3, 0.4) is 0 Å². The van der Waals surface area contributed by atoms with Gasteiger partial charge in [0.05, 0.1) is 20.8 Å². The van der Waals surface area contributed by atoms with Crippen LogP contribution >= 0.6 is 0 Å². The summed E-state index contributed by atoms with van der Waals surface area (Å²) in [5.74, 6) is -0.151. The molecule has 3 rings (SSSR count). The summed E-state index contributed by atoms with van der Waals surface area (Å²) >= 11 is 0. The van der Waals surface area contributed by atoms with Crippen LogP contribution in [0.15, 0.2) is 42.5 Å². The van der Waals surface area contributed by atoms with Gasteiger partial charge in [-0.3, -0.25) is 9.69 Å². The van der Waals surface area contributed by atoms with E-state index in [1.807, 2.05) is 18.2 Å². The van der Waals surface area contributed by atoms with Gasteiger partial charge in [-0.15, -0.1) is 0 Å². The van der Waals surface area contributed by atoms with Gasteiger partial charge in [0.2, 0.25) is 0 Å². The quantitative estimate of drug-likeness (QED) is 0.792. The molecule has 2 aromatic rings. The molecule has 1 atom stereocenters. The number of imide groups is 1. The van der Waals surface area contributed by atoms with E-state index in [-0.39, 0.29) is 24.6 Å². The zero-order chi connectivity index (χ0) is 19.6. The zero-order valence-corrected chi connectivity index (χ0v) is 15.4. The van der Waals surface area contributed by atoms with Gasteiger partial charge >= 0.3 is 6.03 Å². The van der Waals surface area contributed by atoms with Gasteiger partial charge in [0.25, 0.3) is 5.91 Å². The summed E-state index contributed by atoms with van der Waals surface area (Å²) in [5, 5.41) is 2.75. The highest BCUT2D eigenvalue weighted by Crippen LogP contribution is 2.28. The van der Waals surface area contributed by atoms with E-state index in [0.29, 0.717) is 11.3 Å². The molecule has 0 aliphatic carbocycles. The second kappa shape index (κ2) is 7.26. The number of carbonyl (C=O) groups excluding carboxylic acids is 2. The largest absolute Gasteiger partial charge is 0.496 e. The number of hydrogen-bond acceptors (Lipinski definition) is 4. The fourth-order valence-electron chi connectivity index (χ4n) is 3.23. The molecule has 27 heavy (non-hydrogen) atoms. The Hall–Kier alpha value is -3.09. The highest BCUT2D eigenvalue weighted by atomic mass is 19.1. The molecule has 1 heterocycles. The minimum Gasteiger partial charge on any atom is -0.496 e. The molecule has 7 heteroatoms. The fraction of sp³-hybridized carbons (Fsp3) is 0.300. The predicted molar refractivity (Wildman–Crippen MR) is 97.1 cm³/mol. The van der Waals surface area contributed by atoms with Crippen molar-refractivity contribution >= 4 is 11.9 Å². The second-order valence-corrected chi connectivity index (χ2v) is 6.61. The van der Waals surface area contributed by atoms with Crippen LogP contribution in [0, 0.1) is 5.82 Å². The molecule has 0 aromatic heterocycles. The summed E-state index contributed by atoms with van der Waals surface area (Å²) in [7, 11) is 2.93. The molecule has 6 nitrogen and oxygen atoms in total. The number of methoxy groups -OCH3 is 2. The summed E-state index contributed by atoms with van der Waals surface area (Å²) in [6, 6.07) is 11.2. The van der Waals surface area contributed by atoms with E-state index in [2.05, 4.69) is 5.32 Å². The zero-order valence-electron chi connectivity index (χ0n) is 15.4. The topological polar surface area (TPSA) is 67.9 Å². The third-order valence-electron chi connectivity index (χ3n) is 4.64. The molecule has 1 N–H and O–H groups in total. The smallest absolute Gasteiger partial charge is 0.325 e. The number of carbonyl (C=O) groups is 2. The predicted octanol–water partition coefficient (Wildman–Crippen LogP) is 2.90. The number of amides is 3. The van der Waals surface area contributed by atoms with E-state index in [4.69, 9.17) is 9.47 Å². The van der Waals surface area contributed by atoms with Crippen molar-refractivity contribution in [2.75, 3.05) is 14.2 Å². The summed E-state index contributed by atoms with van der Waals surface area (Å²) in [6.07, 6.45) is 0.287. The molecule has 0 unspecified atom stereocenters. The Balaban J connectivity index is 1.81. The summed E-state index contributed by atoms with van der Waals surface area (Å²) in [4.78, 5) is 26.4. The molecule has 0 saturated carbocycles. The van der Waals surface area contributed by atoms with E-state index >= 15 is 0 Å².